The maximum atomic E-state index is 13.9. The van der Waals surface area contributed by atoms with Crippen LogP contribution in [0.3, 0.4) is 0 Å². The van der Waals surface area contributed by atoms with Gasteiger partial charge in [0, 0.05) is 25.2 Å². The van der Waals surface area contributed by atoms with Crippen LogP contribution < -0.4 is 5.32 Å². The average molecular weight is 460 g/mol. The van der Waals surface area contributed by atoms with Crippen molar-refractivity contribution in [1.82, 2.24) is 24.6 Å². The first kappa shape index (κ1) is 22.3. The van der Waals surface area contributed by atoms with Crippen molar-refractivity contribution in [2.24, 2.45) is 0 Å². The summed E-state index contributed by atoms with van der Waals surface area (Å²) in [5.41, 5.74) is 1.62. The molecular weight excluding hydrogens is 433 g/mol. The van der Waals surface area contributed by atoms with E-state index in [1.807, 2.05) is 6.92 Å². The molecule has 0 bridgehead atoms. The van der Waals surface area contributed by atoms with Gasteiger partial charge in [0.25, 0.3) is 0 Å². The van der Waals surface area contributed by atoms with Crippen molar-refractivity contribution in [3.05, 3.63) is 53.8 Å². The molecule has 1 amide bonds. The van der Waals surface area contributed by atoms with Crippen molar-refractivity contribution >= 4 is 27.0 Å². The maximum Gasteiger partial charge on any atom is 0.243 e. The molecule has 0 radical (unpaired) electrons. The fourth-order valence-corrected chi connectivity index (χ4v) is 5.70. The molecule has 2 aromatic carbocycles. The van der Waals surface area contributed by atoms with Crippen LogP contribution in [-0.4, -0.2) is 46.2 Å². The molecule has 4 rings (SSSR count). The Hall–Kier alpha value is -2.85. The Morgan fingerprint density at radius 2 is 2.03 bits per heavy atom. The summed E-state index contributed by atoms with van der Waals surface area (Å²) in [4.78, 5) is 13.0. The first-order chi connectivity index (χ1) is 15.4. The predicted molar refractivity (Wildman–Crippen MR) is 118 cm³/mol. The summed E-state index contributed by atoms with van der Waals surface area (Å²) in [6.07, 6.45) is 2.71. The highest BCUT2D eigenvalue weighted by atomic mass is 32.2. The molecule has 1 fully saturated rings. The normalized spacial score (nSPS) is 17.5. The van der Waals surface area contributed by atoms with Crippen LogP contribution in [0.25, 0.3) is 11.0 Å². The molecule has 0 saturated carbocycles. The summed E-state index contributed by atoms with van der Waals surface area (Å²) in [6, 6.07) is 10.1. The van der Waals surface area contributed by atoms with Gasteiger partial charge in [-0.15, -0.1) is 5.10 Å². The Morgan fingerprint density at radius 1 is 1.22 bits per heavy atom. The van der Waals surface area contributed by atoms with E-state index in [0.29, 0.717) is 30.5 Å². The first-order valence-corrected chi connectivity index (χ1v) is 12.2. The van der Waals surface area contributed by atoms with Gasteiger partial charge in [0.2, 0.25) is 15.9 Å². The monoisotopic (exact) mass is 459 g/mol. The summed E-state index contributed by atoms with van der Waals surface area (Å²) >= 11 is 0. The van der Waals surface area contributed by atoms with Crippen LogP contribution in [0.5, 0.6) is 0 Å². The van der Waals surface area contributed by atoms with Crippen LogP contribution in [0.15, 0.2) is 47.4 Å². The Labute approximate surface area is 186 Å². The predicted octanol–water partition coefficient (Wildman–Crippen LogP) is 2.84. The molecule has 170 valence electrons. The smallest absolute Gasteiger partial charge is 0.243 e. The zero-order chi connectivity index (χ0) is 22.7. The first-order valence-electron chi connectivity index (χ1n) is 10.8. The van der Waals surface area contributed by atoms with Crippen LogP contribution in [-0.2, 0) is 27.9 Å². The van der Waals surface area contributed by atoms with Gasteiger partial charge in [-0.05, 0) is 43.5 Å². The Bertz CT molecular complexity index is 1230. The minimum absolute atomic E-state index is 0.00237. The molecule has 0 unspecified atom stereocenters. The Kier molecular flexibility index (Phi) is 6.52. The molecule has 0 spiro atoms. The molecule has 1 atom stereocenters. The number of sulfonamides is 1. The largest absolute Gasteiger partial charge is 0.351 e. The standard InChI is InChI=1S/C22H26FN5O3S/c1-2-12-27-20-11-10-17(14-19(20)25-26-27)32(30,31)28-13-6-5-9-21(28)22(29)24-15-16-7-3-4-8-18(16)23/h3-4,7-8,10-11,14,21H,2,5-6,9,12-13,15H2,1H3,(H,24,29)/t21-/m0/s1. The number of nitrogens with zero attached hydrogens (tertiary/aromatic N) is 4. The van der Waals surface area contributed by atoms with Crippen LogP contribution in [0, 0.1) is 5.82 Å². The highest BCUT2D eigenvalue weighted by Gasteiger charge is 2.37. The third kappa shape index (κ3) is 4.37. The number of halogens is 1. The Balaban J connectivity index is 1.56. The van der Waals surface area contributed by atoms with Crippen molar-refractivity contribution in [3.8, 4) is 0 Å². The van der Waals surface area contributed by atoms with Crippen LogP contribution in [0.4, 0.5) is 4.39 Å². The van der Waals surface area contributed by atoms with Gasteiger partial charge >= 0.3 is 0 Å². The molecule has 1 aliphatic rings. The van der Waals surface area contributed by atoms with E-state index in [4.69, 9.17) is 0 Å². The number of nitrogens with one attached hydrogen (secondary N) is 1. The van der Waals surface area contributed by atoms with Gasteiger partial charge in [0.05, 0.1) is 10.4 Å². The molecule has 3 aromatic rings. The SMILES string of the molecule is CCCn1nnc2cc(S(=O)(=O)N3CCCC[C@H]3C(=O)NCc3ccccc3F)ccc21. The summed E-state index contributed by atoms with van der Waals surface area (Å²) in [7, 11) is -3.92. The molecule has 32 heavy (non-hydrogen) atoms. The van der Waals surface area contributed by atoms with E-state index in [9.17, 15) is 17.6 Å². The lowest BCUT2D eigenvalue weighted by molar-refractivity contribution is -0.125. The number of aromatic nitrogens is 3. The van der Waals surface area contributed by atoms with E-state index in [1.54, 1.807) is 28.9 Å². The van der Waals surface area contributed by atoms with Gasteiger partial charge in [-0.25, -0.2) is 17.5 Å². The molecule has 1 aromatic heterocycles. The van der Waals surface area contributed by atoms with Gasteiger partial charge < -0.3 is 5.32 Å². The lowest BCUT2D eigenvalue weighted by Crippen LogP contribution is -2.51. The van der Waals surface area contributed by atoms with Gasteiger partial charge in [0.1, 0.15) is 17.4 Å². The molecule has 2 heterocycles. The third-order valence-corrected chi connectivity index (χ3v) is 7.60. The number of aryl methyl sites for hydroxylation is 1. The van der Waals surface area contributed by atoms with Crippen molar-refractivity contribution in [2.45, 2.75) is 56.6 Å². The van der Waals surface area contributed by atoms with Crippen LogP contribution in [0.2, 0.25) is 0 Å². The number of piperidine rings is 1. The molecule has 0 aliphatic carbocycles. The zero-order valence-electron chi connectivity index (χ0n) is 17.9. The van der Waals surface area contributed by atoms with E-state index in [1.165, 1.54) is 22.5 Å². The molecule has 8 nitrogen and oxygen atoms in total. The quantitative estimate of drug-likeness (QED) is 0.586. The average Bonchev–Trinajstić information content (AvgIpc) is 3.21. The fourth-order valence-electron chi connectivity index (χ4n) is 4.02. The number of rotatable bonds is 7. The maximum absolute atomic E-state index is 13.9. The number of carbonyl (C=O) groups is 1. The molecule has 1 aliphatic heterocycles. The number of carbonyl (C=O) groups excluding carboxylic acids is 1. The number of fused-ring (bicyclic) bond motifs is 1. The lowest BCUT2D eigenvalue weighted by Gasteiger charge is -2.33. The van der Waals surface area contributed by atoms with Gasteiger partial charge in [-0.1, -0.05) is 36.8 Å². The van der Waals surface area contributed by atoms with E-state index in [-0.39, 0.29) is 18.0 Å². The lowest BCUT2D eigenvalue weighted by atomic mass is 10.0. The van der Waals surface area contributed by atoms with E-state index in [0.717, 1.165) is 18.4 Å². The third-order valence-electron chi connectivity index (χ3n) is 5.69. The van der Waals surface area contributed by atoms with E-state index >= 15 is 0 Å². The second-order valence-corrected chi connectivity index (χ2v) is 9.79. The van der Waals surface area contributed by atoms with Crippen LogP contribution in [0.1, 0.15) is 38.2 Å². The summed E-state index contributed by atoms with van der Waals surface area (Å²) < 4.78 is 43.7. The number of amides is 1. The van der Waals surface area contributed by atoms with Crippen molar-refractivity contribution < 1.29 is 17.6 Å². The highest BCUT2D eigenvalue weighted by Crippen LogP contribution is 2.27. The zero-order valence-corrected chi connectivity index (χ0v) is 18.7. The van der Waals surface area contributed by atoms with E-state index in [2.05, 4.69) is 15.6 Å². The minimum atomic E-state index is -3.92. The Morgan fingerprint density at radius 3 is 2.81 bits per heavy atom. The fraction of sp³-hybridized carbons (Fsp3) is 0.409. The molecular formula is C22H26FN5O3S. The van der Waals surface area contributed by atoms with Gasteiger partial charge in [0.15, 0.2) is 0 Å². The van der Waals surface area contributed by atoms with Crippen molar-refractivity contribution in [2.75, 3.05) is 6.54 Å². The van der Waals surface area contributed by atoms with Crippen LogP contribution >= 0.6 is 0 Å². The van der Waals surface area contributed by atoms with Gasteiger partial charge in [-0.3, -0.25) is 4.79 Å². The summed E-state index contributed by atoms with van der Waals surface area (Å²) in [6.45, 7) is 2.97. The molecule has 10 heteroatoms. The van der Waals surface area contributed by atoms with Crippen molar-refractivity contribution in [3.63, 3.8) is 0 Å². The van der Waals surface area contributed by atoms with E-state index < -0.39 is 27.8 Å². The highest BCUT2D eigenvalue weighted by molar-refractivity contribution is 7.89. The van der Waals surface area contributed by atoms with Crippen molar-refractivity contribution in [1.29, 1.82) is 0 Å². The second kappa shape index (κ2) is 9.33. The number of hydrogen-bond acceptors (Lipinski definition) is 5. The number of hydrogen-bond donors (Lipinski definition) is 1. The molecule has 1 N–H and O–H groups in total. The minimum Gasteiger partial charge on any atom is -0.351 e. The summed E-state index contributed by atoms with van der Waals surface area (Å²) in [5.74, 6) is -0.836. The molecule has 1 saturated heterocycles. The second-order valence-electron chi connectivity index (χ2n) is 7.90. The summed E-state index contributed by atoms with van der Waals surface area (Å²) in [5, 5.41) is 10.9. The van der Waals surface area contributed by atoms with Gasteiger partial charge in [-0.2, -0.15) is 4.31 Å². The topological polar surface area (TPSA) is 97.2 Å². The number of benzene rings is 2.